The van der Waals surface area contributed by atoms with E-state index < -0.39 is 12.0 Å². The van der Waals surface area contributed by atoms with Crippen LogP contribution in [0.3, 0.4) is 0 Å². The minimum Gasteiger partial charge on any atom is -0.480 e. The fraction of sp³-hybridized carbons (Fsp3) is 0.333. The molecule has 0 fully saturated rings. The van der Waals surface area contributed by atoms with Gasteiger partial charge in [-0.25, -0.2) is 4.79 Å². The van der Waals surface area contributed by atoms with E-state index in [1.807, 2.05) is 0 Å². The standard InChI is InChI=1S/C12H16N2O3/c1-3-4-6-9(12(16)17)13-11(15)10-7-5-8-14(10)2/h3,5,7-9H,1,4,6H2,2H3,(H,13,15)(H,16,17). The molecule has 92 valence electrons. The summed E-state index contributed by atoms with van der Waals surface area (Å²) < 4.78 is 1.64. The topological polar surface area (TPSA) is 71.3 Å². The third-order valence-electron chi connectivity index (χ3n) is 2.44. The first kappa shape index (κ1) is 13.0. The van der Waals surface area contributed by atoms with Gasteiger partial charge in [-0.2, -0.15) is 0 Å². The first-order chi connectivity index (χ1) is 8.06. The smallest absolute Gasteiger partial charge is 0.326 e. The molecule has 17 heavy (non-hydrogen) atoms. The van der Waals surface area contributed by atoms with E-state index in [4.69, 9.17) is 5.11 Å². The zero-order valence-electron chi connectivity index (χ0n) is 9.72. The molecule has 0 saturated heterocycles. The number of aryl methyl sites for hydroxylation is 1. The molecule has 0 bridgehead atoms. The lowest BCUT2D eigenvalue weighted by Gasteiger charge is -2.13. The van der Waals surface area contributed by atoms with Gasteiger partial charge < -0.3 is 15.0 Å². The molecule has 2 N–H and O–H groups in total. The molecule has 0 saturated carbocycles. The van der Waals surface area contributed by atoms with Crippen LogP contribution in [0.25, 0.3) is 0 Å². The van der Waals surface area contributed by atoms with Crippen LogP contribution in [0, 0.1) is 0 Å². The van der Waals surface area contributed by atoms with Crippen molar-refractivity contribution in [2.75, 3.05) is 0 Å². The number of aliphatic carboxylic acids is 1. The van der Waals surface area contributed by atoms with E-state index in [-0.39, 0.29) is 5.91 Å². The van der Waals surface area contributed by atoms with E-state index in [1.165, 1.54) is 0 Å². The number of hydrogen-bond donors (Lipinski definition) is 2. The Hall–Kier alpha value is -2.04. The minimum absolute atomic E-state index is 0.342. The quantitative estimate of drug-likeness (QED) is 0.728. The Kier molecular flexibility index (Phi) is 4.51. The molecule has 0 radical (unpaired) electrons. The molecule has 0 aliphatic rings. The van der Waals surface area contributed by atoms with Crippen molar-refractivity contribution in [3.05, 3.63) is 36.7 Å². The molecule has 5 nitrogen and oxygen atoms in total. The minimum atomic E-state index is -1.03. The SMILES string of the molecule is C=CCCC(NC(=O)c1cccn1C)C(=O)O. The molecular formula is C12H16N2O3. The van der Waals surface area contributed by atoms with E-state index in [0.717, 1.165) is 0 Å². The molecular weight excluding hydrogens is 220 g/mol. The van der Waals surface area contributed by atoms with Crippen LogP contribution in [0.1, 0.15) is 23.3 Å². The van der Waals surface area contributed by atoms with Crippen molar-refractivity contribution < 1.29 is 14.7 Å². The highest BCUT2D eigenvalue weighted by Gasteiger charge is 2.20. The molecule has 0 aromatic carbocycles. The number of hydrogen-bond acceptors (Lipinski definition) is 2. The van der Waals surface area contributed by atoms with Gasteiger partial charge in [-0.05, 0) is 25.0 Å². The molecule has 0 spiro atoms. The number of carbonyl (C=O) groups excluding carboxylic acids is 1. The molecule has 1 aromatic rings. The third-order valence-corrected chi connectivity index (χ3v) is 2.44. The number of nitrogens with one attached hydrogen (secondary N) is 1. The van der Waals surface area contributed by atoms with Crippen molar-refractivity contribution in [3.63, 3.8) is 0 Å². The van der Waals surface area contributed by atoms with Gasteiger partial charge in [0.05, 0.1) is 0 Å². The summed E-state index contributed by atoms with van der Waals surface area (Å²) in [6.45, 7) is 3.53. The maximum absolute atomic E-state index is 11.8. The van der Waals surface area contributed by atoms with E-state index in [2.05, 4.69) is 11.9 Å². The molecule has 0 aliphatic carbocycles. The van der Waals surface area contributed by atoms with E-state index in [9.17, 15) is 9.59 Å². The highest BCUT2D eigenvalue weighted by molar-refractivity contribution is 5.95. The van der Waals surface area contributed by atoms with Crippen LogP contribution in [0.5, 0.6) is 0 Å². The Morgan fingerprint density at radius 2 is 2.35 bits per heavy atom. The predicted molar refractivity (Wildman–Crippen MR) is 63.7 cm³/mol. The van der Waals surface area contributed by atoms with Gasteiger partial charge in [0.25, 0.3) is 5.91 Å². The van der Waals surface area contributed by atoms with Crippen LogP contribution in [0.4, 0.5) is 0 Å². The lowest BCUT2D eigenvalue weighted by molar-refractivity contribution is -0.139. The highest BCUT2D eigenvalue weighted by Crippen LogP contribution is 2.03. The molecule has 1 amide bonds. The maximum Gasteiger partial charge on any atom is 0.326 e. The van der Waals surface area contributed by atoms with Gasteiger partial charge in [0.2, 0.25) is 0 Å². The molecule has 1 aromatic heterocycles. The predicted octanol–water partition coefficient (Wildman–Crippen LogP) is 1.17. The molecule has 1 heterocycles. The summed E-state index contributed by atoms with van der Waals surface area (Å²) in [7, 11) is 1.73. The summed E-state index contributed by atoms with van der Waals surface area (Å²) in [6, 6.07) is 2.49. The number of nitrogens with zero attached hydrogens (tertiary/aromatic N) is 1. The number of aromatic nitrogens is 1. The van der Waals surface area contributed by atoms with Gasteiger partial charge in [-0.3, -0.25) is 4.79 Å². The molecule has 1 rings (SSSR count). The maximum atomic E-state index is 11.8. The molecule has 5 heteroatoms. The van der Waals surface area contributed by atoms with Crippen LogP contribution in [0.2, 0.25) is 0 Å². The Labute approximate surface area is 99.7 Å². The fourth-order valence-corrected chi connectivity index (χ4v) is 1.47. The summed E-state index contributed by atoms with van der Waals surface area (Å²) >= 11 is 0. The molecule has 1 unspecified atom stereocenters. The second kappa shape index (κ2) is 5.89. The zero-order valence-corrected chi connectivity index (χ0v) is 9.72. The largest absolute Gasteiger partial charge is 0.480 e. The van der Waals surface area contributed by atoms with Crippen molar-refractivity contribution in [2.45, 2.75) is 18.9 Å². The van der Waals surface area contributed by atoms with Crippen LogP contribution < -0.4 is 5.32 Å². The Bertz CT molecular complexity index is 423. The van der Waals surface area contributed by atoms with Crippen LogP contribution in [-0.2, 0) is 11.8 Å². The number of allylic oxidation sites excluding steroid dienone is 1. The van der Waals surface area contributed by atoms with Crippen LogP contribution in [0.15, 0.2) is 31.0 Å². The van der Waals surface area contributed by atoms with E-state index in [1.54, 1.807) is 36.0 Å². The monoisotopic (exact) mass is 236 g/mol. The van der Waals surface area contributed by atoms with Gasteiger partial charge in [0.15, 0.2) is 0 Å². The van der Waals surface area contributed by atoms with Crippen LogP contribution >= 0.6 is 0 Å². The van der Waals surface area contributed by atoms with Crippen molar-refractivity contribution in [3.8, 4) is 0 Å². The zero-order chi connectivity index (χ0) is 12.8. The summed E-state index contributed by atoms with van der Waals surface area (Å²) in [5.74, 6) is -1.41. The lowest BCUT2D eigenvalue weighted by atomic mass is 10.1. The second-order valence-electron chi connectivity index (χ2n) is 3.73. The summed E-state index contributed by atoms with van der Waals surface area (Å²) in [5, 5.41) is 11.4. The van der Waals surface area contributed by atoms with Gasteiger partial charge in [-0.1, -0.05) is 6.08 Å². The number of carboxylic acids is 1. The first-order valence-electron chi connectivity index (χ1n) is 5.32. The van der Waals surface area contributed by atoms with Crippen molar-refractivity contribution >= 4 is 11.9 Å². The number of carboxylic acid groups (broad SMARTS) is 1. The van der Waals surface area contributed by atoms with Gasteiger partial charge in [0.1, 0.15) is 11.7 Å². The first-order valence-corrected chi connectivity index (χ1v) is 5.32. The van der Waals surface area contributed by atoms with Crippen molar-refractivity contribution in [2.24, 2.45) is 7.05 Å². The second-order valence-corrected chi connectivity index (χ2v) is 3.73. The average Bonchev–Trinajstić information content (AvgIpc) is 2.70. The molecule has 0 aliphatic heterocycles. The summed E-state index contributed by atoms with van der Waals surface area (Å²) in [6.07, 6.45) is 4.25. The number of amides is 1. The Morgan fingerprint density at radius 3 is 2.82 bits per heavy atom. The van der Waals surface area contributed by atoms with Gasteiger partial charge >= 0.3 is 5.97 Å². The average molecular weight is 236 g/mol. The van der Waals surface area contributed by atoms with Crippen molar-refractivity contribution in [1.29, 1.82) is 0 Å². The Balaban J connectivity index is 2.67. The fourth-order valence-electron chi connectivity index (χ4n) is 1.47. The summed E-state index contributed by atoms with van der Waals surface area (Å²) in [4.78, 5) is 22.7. The third kappa shape index (κ3) is 3.48. The van der Waals surface area contributed by atoms with Gasteiger partial charge in [0, 0.05) is 13.2 Å². The normalized spacial score (nSPS) is 11.8. The highest BCUT2D eigenvalue weighted by atomic mass is 16.4. The number of carbonyl (C=O) groups is 2. The van der Waals surface area contributed by atoms with Crippen LogP contribution in [-0.4, -0.2) is 27.6 Å². The van der Waals surface area contributed by atoms with E-state index in [0.29, 0.717) is 18.5 Å². The van der Waals surface area contributed by atoms with E-state index >= 15 is 0 Å². The number of rotatable bonds is 6. The van der Waals surface area contributed by atoms with Crippen molar-refractivity contribution in [1.82, 2.24) is 9.88 Å². The summed E-state index contributed by atoms with van der Waals surface area (Å²) in [5.41, 5.74) is 0.440. The van der Waals surface area contributed by atoms with Gasteiger partial charge in [-0.15, -0.1) is 6.58 Å². The molecule has 1 atom stereocenters. The lowest BCUT2D eigenvalue weighted by Crippen LogP contribution is -2.41. The Morgan fingerprint density at radius 1 is 1.65 bits per heavy atom.